The van der Waals surface area contributed by atoms with Crippen molar-refractivity contribution in [3.05, 3.63) is 30.2 Å². The molecule has 0 aliphatic carbocycles. The van der Waals surface area contributed by atoms with Crippen LogP contribution in [-0.2, 0) is 0 Å². The van der Waals surface area contributed by atoms with Gasteiger partial charge in [-0.2, -0.15) is 4.98 Å². The van der Waals surface area contributed by atoms with Crippen LogP contribution in [0.2, 0.25) is 0 Å². The number of amides is 2. The summed E-state index contributed by atoms with van der Waals surface area (Å²) in [6.45, 7) is 3.19. The molecule has 122 valence electrons. The Balaban J connectivity index is 1.85. The Bertz CT molecular complexity index is 685. The number of likely N-dealkylation sites (tertiary alicyclic amines) is 1. The van der Waals surface area contributed by atoms with Crippen molar-refractivity contribution in [1.82, 2.24) is 20.4 Å². The van der Waals surface area contributed by atoms with Crippen LogP contribution in [-0.4, -0.2) is 41.3 Å². The topological polar surface area (TPSA) is 80.5 Å². The summed E-state index contributed by atoms with van der Waals surface area (Å²) in [6.07, 6.45) is 1.75. The highest BCUT2D eigenvalue weighted by Crippen LogP contribution is 2.33. The molecule has 1 aromatic carbocycles. The summed E-state index contributed by atoms with van der Waals surface area (Å²) in [4.78, 5) is 18.3. The zero-order valence-corrected chi connectivity index (χ0v) is 13.3. The summed E-state index contributed by atoms with van der Waals surface area (Å²) in [5.74, 6) is 1.63. The standard InChI is InChI=1S/C16H20N4O3/c1-3-17-16(21)20-10-6-8-12(20)15-18-14(19-23-15)11-7-4-5-9-13(11)22-2/h4-5,7,9,12H,3,6,8,10H2,1-2H3,(H,17,21). The van der Waals surface area contributed by atoms with Gasteiger partial charge in [0.15, 0.2) is 0 Å². The van der Waals surface area contributed by atoms with Crippen LogP contribution in [0.15, 0.2) is 28.8 Å². The Labute approximate surface area is 134 Å². The monoisotopic (exact) mass is 316 g/mol. The lowest BCUT2D eigenvalue weighted by atomic mass is 10.2. The van der Waals surface area contributed by atoms with Gasteiger partial charge >= 0.3 is 6.03 Å². The van der Waals surface area contributed by atoms with Gasteiger partial charge in [0.1, 0.15) is 11.8 Å². The first-order chi connectivity index (χ1) is 11.2. The fraction of sp³-hybridized carbons (Fsp3) is 0.438. The van der Waals surface area contributed by atoms with Crippen LogP contribution < -0.4 is 10.1 Å². The number of carbonyl (C=O) groups excluding carboxylic acids is 1. The molecule has 1 atom stereocenters. The molecular formula is C16H20N4O3. The molecule has 1 unspecified atom stereocenters. The molecule has 0 saturated carbocycles. The van der Waals surface area contributed by atoms with Crippen molar-refractivity contribution in [3.8, 4) is 17.1 Å². The Morgan fingerprint density at radius 1 is 1.48 bits per heavy atom. The first-order valence-electron chi connectivity index (χ1n) is 7.76. The number of methoxy groups -OCH3 is 1. The molecule has 1 fully saturated rings. The zero-order valence-electron chi connectivity index (χ0n) is 13.3. The molecule has 0 bridgehead atoms. The van der Waals surface area contributed by atoms with E-state index < -0.39 is 0 Å². The molecule has 7 heteroatoms. The van der Waals surface area contributed by atoms with Crippen LogP contribution in [0.4, 0.5) is 4.79 Å². The summed E-state index contributed by atoms with van der Waals surface area (Å²) >= 11 is 0. The maximum absolute atomic E-state index is 12.1. The first kappa shape index (κ1) is 15.3. The van der Waals surface area contributed by atoms with Crippen LogP contribution in [0, 0.1) is 0 Å². The van der Waals surface area contributed by atoms with E-state index in [2.05, 4.69) is 15.5 Å². The molecule has 1 saturated heterocycles. The molecule has 23 heavy (non-hydrogen) atoms. The number of rotatable bonds is 4. The van der Waals surface area contributed by atoms with E-state index in [4.69, 9.17) is 9.26 Å². The molecular weight excluding hydrogens is 296 g/mol. The number of hydrogen-bond acceptors (Lipinski definition) is 5. The molecule has 0 spiro atoms. The van der Waals surface area contributed by atoms with Crippen molar-refractivity contribution in [2.45, 2.75) is 25.8 Å². The minimum Gasteiger partial charge on any atom is -0.496 e. The lowest BCUT2D eigenvalue weighted by Crippen LogP contribution is -2.39. The normalized spacial score (nSPS) is 17.3. The number of para-hydroxylation sites is 1. The van der Waals surface area contributed by atoms with Crippen molar-refractivity contribution in [3.63, 3.8) is 0 Å². The van der Waals surface area contributed by atoms with E-state index in [1.165, 1.54) is 0 Å². The van der Waals surface area contributed by atoms with Crippen LogP contribution in [0.25, 0.3) is 11.4 Å². The van der Waals surface area contributed by atoms with Gasteiger partial charge in [0.25, 0.3) is 0 Å². The minimum atomic E-state index is -0.169. The third-order valence-corrected chi connectivity index (χ3v) is 3.92. The van der Waals surface area contributed by atoms with Gasteiger partial charge in [-0.05, 0) is 31.9 Å². The number of nitrogens with one attached hydrogen (secondary N) is 1. The predicted molar refractivity (Wildman–Crippen MR) is 84.0 cm³/mol. The van der Waals surface area contributed by atoms with Gasteiger partial charge in [-0.1, -0.05) is 17.3 Å². The van der Waals surface area contributed by atoms with Gasteiger partial charge in [0.2, 0.25) is 11.7 Å². The fourth-order valence-electron chi connectivity index (χ4n) is 2.83. The second-order valence-corrected chi connectivity index (χ2v) is 5.34. The summed E-state index contributed by atoms with van der Waals surface area (Å²) < 4.78 is 10.8. The van der Waals surface area contributed by atoms with E-state index in [1.807, 2.05) is 31.2 Å². The Kier molecular flexibility index (Phi) is 4.45. The third-order valence-electron chi connectivity index (χ3n) is 3.92. The van der Waals surface area contributed by atoms with Gasteiger partial charge < -0.3 is 19.5 Å². The van der Waals surface area contributed by atoms with E-state index in [0.717, 1.165) is 18.4 Å². The van der Waals surface area contributed by atoms with Gasteiger partial charge in [-0.25, -0.2) is 4.79 Å². The number of carbonyl (C=O) groups is 1. The molecule has 1 N–H and O–H groups in total. The van der Waals surface area contributed by atoms with E-state index in [-0.39, 0.29) is 12.1 Å². The number of nitrogens with zero attached hydrogens (tertiary/aromatic N) is 3. The van der Waals surface area contributed by atoms with Gasteiger partial charge in [-0.3, -0.25) is 0 Å². The van der Waals surface area contributed by atoms with Crippen LogP contribution in [0.5, 0.6) is 5.75 Å². The number of benzene rings is 1. The van der Waals surface area contributed by atoms with E-state index in [0.29, 0.717) is 30.6 Å². The van der Waals surface area contributed by atoms with E-state index in [1.54, 1.807) is 12.0 Å². The molecule has 0 radical (unpaired) electrons. The van der Waals surface area contributed by atoms with Crippen LogP contribution >= 0.6 is 0 Å². The van der Waals surface area contributed by atoms with Crippen molar-refractivity contribution in [2.24, 2.45) is 0 Å². The maximum atomic E-state index is 12.1. The molecule has 3 rings (SSSR count). The fourth-order valence-corrected chi connectivity index (χ4v) is 2.83. The highest BCUT2D eigenvalue weighted by atomic mass is 16.5. The first-order valence-corrected chi connectivity index (χ1v) is 7.76. The quantitative estimate of drug-likeness (QED) is 0.938. The molecule has 2 aromatic rings. The largest absolute Gasteiger partial charge is 0.496 e. The second-order valence-electron chi connectivity index (χ2n) is 5.34. The maximum Gasteiger partial charge on any atom is 0.318 e. The zero-order chi connectivity index (χ0) is 16.2. The highest BCUT2D eigenvalue weighted by molar-refractivity contribution is 5.74. The van der Waals surface area contributed by atoms with E-state index >= 15 is 0 Å². The van der Waals surface area contributed by atoms with Crippen molar-refractivity contribution >= 4 is 6.03 Å². The van der Waals surface area contributed by atoms with E-state index in [9.17, 15) is 4.79 Å². The summed E-state index contributed by atoms with van der Waals surface area (Å²) in [7, 11) is 1.60. The van der Waals surface area contributed by atoms with Gasteiger partial charge in [0.05, 0.1) is 12.7 Å². The lowest BCUT2D eigenvalue weighted by Gasteiger charge is -2.21. The summed E-state index contributed by atoms with van der Waals surface area (Å²) in [5, 5.41) is 6.88. The number of aromatic nitrogens is 2. The Morgan fingerprint density at radius 2 is 2.30 bits per heavy atom. The molecule has 1 aliphatic rings. The average Bonchev–Trinajstić information content (AvgIpc) is 3.23. The minimum absolute atomic E-state index is 0.0907. The molecule has 2 heterocycles. The average molecular weight is 316 g/mol. The highest BCUT2D eigenvalue weighted by Gasteiger charge is 2.34. The van der Waals surface area contributed by atoms with Gasteiger partial charge in [-0.15, -0.1) is 0 Å². The van der Waals surface area contributed by atoms with Gasteiger partial charge in [0, 0.05) is 13.1 Å². The van der Waals surface area contributed by atoms with Crippen molar-refractivity contribution in [1.29, 1.82) is 0 Å². The second kappa shape index (κ2) is 6.68. The lowest BCUT2D eigenvalue weighted by molar-refractivity contribution is 0.181. The molecule has 1 aliphatic heterocycles. The van der Waals surface area contributed by atoms with Crippen LogP contribution in [0.3, 0.4) is 0 Å². The smallest absolute Gasteiger partial charge is 0.318 e. The summed E-state index contributed by atoms with van der Waals surface area (Å²) in [5.41, 5.74) is 0.771. The SMILES string of the molecule is CCNC(=O)N1CCCC1c1nc(-c2ccccc2OC)no1. The Hall–Kier alpha value is -2.57. The molecule has 7 nitrogen and oxygen atoms in total. The van der Waals surface area contributed by atoms with Crippen LogP contribution in [0.1, 0.15) is 31.7 Å². The molecule has 2 amide bonds. The number of ether oxygens (including phenoxy) is 1. The molecule has 1 aromatic heterocycles. The number of urea groups is 1. The summed E-state index contributed by atoms with van der Waals surface area (Å²) in [6, 6.07) is 7.25. The third kappa shape index (κ3) is 2.99. The number of hydrogen-bond donors (Lipinski definition) is 1. The predicted octanol–water partition coefficient (Wildman–Crippen LogP) is 2.61. The van der Waals surface area contributed by atoms with Crippen molar-refractivity contribution < 1.29 is 14.1 Å². The van der Waals surface area contributed by atoms with Crippen molar-refractivity contribution in [2.75, 3.05) is 20.2 Å². The Morgan fingerprint density at radius 3 is 3.09 bits per heavy atom.